The predicted molar refractivity (Wildman–Crippen MR) is 197 cm³/mol. The summed E-state index contributed by atoms with van der Waals surface area (Å²) < 4.78 is 0. The molecule has 0 saturated heterocycles. The molecule has 0 spiro atoms. The van der Waals surface area contributed by atoms with Crippen LogP contribution < -0.4 is 75.1 Å². The number of carboxylic acids is 2. The molecule has 0 unspecified atom stereocenters. The van der Waals surface area contributed by atoms with Crippen LogP contribution in [0.2, 0.25) is 0 Å². The topological polar surface area (TPSA) is 144 Å². The van der Waals surface area contributed by atoms with Crippen molar-refractivity contribution < 1.29 is 88.5 Å². The molecule has 50 heavy (non-hydrogen) atoms. The van der Waals surface area contributed by atoms with Crippen molar-refractivity contribution in [3.63, 3.8) is 0 Å². The summed E-state index contributed by atoms with van der Waals surface area (Å²) in [7, 11) is 0. The van der Waals surface area contributed by atoms with Crippen molar-refractivity contribution in [3.05, 3.63) is 0 Å². The summed E-state index contributed by atoms with van der Waals surface area (Å²) in [5.41, 5.74) is 5.71. The molecule has 0 radical (unpaired) electrons. The van der Waals surface area contributed by atoms with Crippen molar-refractivity contribution in [2.24, 2.45) is 5.73 Å². The summed E-state index contributed by atoms with van der Waals surface area (Å²) in [5, 5.41) is 18.5. The summed E-state index contributed by atoms with van der Waals surface area (Å²) >= 11 is 0. The van der Waals surface area contributed by atoms with E-state index in [1.54, 1.807) is 0 Å². The fraction of sp³-hybridized carbons (Fsp3) is 0.900. The molecule has 2 amide bonds. The molecule has 8 nitrogen and oxygen atoms in total. The van der Waals surface area contributed by atoms with Gasteiger partial charge in [0, 0.05) is 37.9 Å². The number of unbranched alkanes of at least 4 members (excludes halogenated alkanes) is 24. The molecule has 0 aromatic heterocycles. The fourth-order valence-corrected chi connectivity index (χ4v) is 5.38. The molecule has 0 heterocycles. The van der Waals surface area contributed by atoms with Gasteiger partial charge in [-0.05, 0) is 25.7 Å². The maximum Gasteiger partial charge on any atom is 1.00 e. The number of carbonyl (C=O) groups is 4. The zero-order valence-electron chi connectivity index (χ0n) is 34.1. The average Bonchev–Trinajstić information content (AvgIpc) is 3.08. The van der Waals surface area contributed by atoms with E-state index in [0.717, 1.165) is 25.7 Å². The van der Waals surface area contributed by atoms with Gasteiger partial charge in [0.1, 0.15) is 0 Å². The summed E-state index contributed by atoms with van der Waals surface area (Å²) in [6.45, 7) is 8.34. The Morgan fingerprint density at radius 1 is 0.420 bits per heavy atom. The number of aliphatic carboxylic acids is 2. The third-order valence-corrected chi connectivity index (χ3v) is 8.52. The average molecular weight is 729 g/mol. The molecule has 2 N–H and O–H groups in total. The molecule has 0 atom stereocenters. The van der Waals surface area contributed by atoms with Crippen molar-refractivity contribution in [2.75, 3.05) is 13.1 Å². The maximum absolute atomic E-state index is 12.7. The van der Waals surface area contributed by atoms with E-state index in [4.69, 9.17) is 5.73 Å². The van der Waals surface area contributed by atoms with Crippen molar-refractivity contribution in [2.45, 2.75) is 220 Å². The van der Waals surface area contributed by atoms with Crippen LogP contribution in [0.25, 0.3) is 0 Å². The number of hydrogen-bond acceptors (Lipinski definition) is 7. The van der Waals surface area contributed by atoms with Crippen LogP contribution in [0.3, 0.4) is 0 Å². The molecule has 0 aromatic rings. The van der Waals surface area contributed by atoms with Gasteiger partial charge in [-0.15, -0.1) is 0 Å². The zero-order valence-corrected chi connectivity index (χ0v) is 38.1. The Balaban J connectivity index is -0.000000489. The van der Waals surface area contributed by atoms with Crippen LogP contribution in [0.15, 0.2) is 0 Å². The summed E-state index contributed by atoms with van der Waals surface area (Å²) in [5.74, 6) is -2.02. The van der Waals surface area contributed by atoms with Gasteiger partial charge >= 0.3 is 59.1 Å². The number of amides is 2. The largest absolute Gasteiger partial charge is 1.00 e. The third-order valence-electron chi connectivity index (χ3n) is 8.52. The smallest absolute Gasteiger partial charge is 0.550 e. The third kappa shape index (κ3) is 52.4. The van der Waals surface area contributed by atoms with Gasteiger partial charge < -0.3 is 25.5 Å². The van der Waals surface area contributed by atoms with Gasteiger partial charge in [0.05, 0.1) is 0 Å². The van der Waals surface area contributed by atoms with Crippen LogP contribution >= 0.6 is 0 Å². The number of rotatable bonds is 32. The van der Waals surface area contributed by atoms with Crippen LogP contribution in [-0.4, -0.2) is 41.7 Å². The van der Waals surface area contributed by atoms with E-state index in [0.29, 0.717) is 25.9 Å². The first kappa shape index (κ1) is 59.3. The van der Waals surface area contributed by atoms with E-state index < -0.39 is 11.9 Å². The van der Waals surface area contributed by atoms with Gasteiger partial charge in [0.15, 0.2) is 0 Å². The molecular weight excluding hydrogens is 650 g/mol. The Kier molecular flexibility index (Phi) is 60.7. The van der Waals surface area contributed by atoms with Gasteiger partial charge in [-0.2, -0.15) is 0 Å². The van der Waals surface area contributed by atoms with Gasteiger partial charge in [-0.1, -0.05) is 182 Å². The van der Waals surface area contributed by atoms with E-state index in [1.807, 2.05) is 0 Å². The first-order chi connectivity index (χ1) is 23.2. The van der Waals surface area contributed by atoms with Gasteiger partial charge in [0.2, 0.25) is 11.8 Å². The maximum atomic E-state index is 12.7. The molecule has 10 heteroatoms. The minimum Gasteiger partial charge on any atom is -0.550 e. The standard InChI is InChI=1S/C34H68N2O2.2C3H6O2.2Na/c1-3-5-7-9-11-13-15-17-19-21-23-25-27-29-33(37)36(32-31-35)34(38)30-28-26-24-22-20-18-16-14-12-10-8-6-4-2;2*1-2-3(4)5;;/h3-32,35H2,1-2H3;2*2H2,1H3,(H,4,5);;/q;;;2*+1/p-2. The minimum absolute atomic E-state index is 0. The SMILES string of the molecule is CCC(=O)[O-].CCC(=O)[O-].CCCCCCCCCCCCCCCC(=O)N(CCN)C(=O)CCCCCCCCCCCCCCC.[Na+].[Na+]. The Morgan fingerprint density at radius 2 is 0.620 bits per heavy atom. The monoisotopic (exact) mass is 729 g/mol. The molecule has 0 aliphatic heterocycles. The molecule has 0 bridgehead atoms. The summed E-state index contributed by atoms with van der Waals surface area (Å²) in [6.07, 6.45) is 34.8. The van der Waals surface area contributed by atoms with Crippen LogP contribution in [0, 0.1) is 0 Å². The molecule has 286 valence electrons. The van der Waals surface area contributed by atoms with Crippen molar-refractivity contribution >= 4 is 23.8 Å². The second-order valence-electron chi connectivity index (χ2n) is 13.2. The molecule has 0 aliphatic rings. The number of nitrogens with two attached hydrogens (primary N) is 1. The Labute approximate surface area is 353 Å². The van der Waals surface area contributed by atoms with E-state index in [9.17, 15) is 29.4 Å². The van der Waals surface area contributed by atoms with Crippen molar-refractivity contribution in [1.82, 2.24) is 4.90 Å². The van der Waals surface area contributed by atoms with Crippen LogP contribution in [-0.2, 0) is 19.2 Å². The van der Waals surface area contributed by atoms with E-state index in [1.165, 1.54) is 160 Å². The zero-order chi connectivity index (χ0) is 36.5. The molecule has 0 aromatic carbocycles. The van der Waals surface area contributed by atoms with E-state index >= 15 is 0 Å². The number of hydrogen-bond donors (Lipinski definition) is 1. The summed E-state index contributed by atoms with van der Waals surface area (Å²) in [4.78, 5) is 45.3. The molecule has 0 fully saturated rings. The molecule has 0 aliphatic carbocycles. The molecular formula is C40H78N2Na2O6. The Hall–Kier alpha value is 0.0400. The van der Waals surface area contributed by atoms with Crippen LogP contribution in [0.1, 0.15) is 220 Å². The molecule has 0 saturated carbocycles. The van der Waals surface area contributed by atoms with Gasteiger partial charge in [-0.3, -0.25) is 14.5 Å². The van der Waals surface area contributed by atoms with Gasteiger partial charge in [-0.25, -0.2) is 0 Å². The van der Waals surface area contributed by atoms with E-state index in [2.05, 4.69) is 13.8 Å². The predicted octanol–water partition coefficient (Wildman–Crippen LogP) is 2.56. The van der Waals surface area contributed by atoms with Crippen molar-refractivity contribution in [3.8, 4) is 0 Å². The normalized spacial score (nSPS) is 10.0. The number of nitrogens with zero attached hydrogens (tertiary/aromatic N) is 1. The number of carboxylic acid groups (broad SMARTS) is 2. The number of carbonyl (C=O) groups excluding carboxylic acids is 4. The van der Waals surface area contributed by atoms with E-state index in [-0.39, 0.29) is 83.8 Å². The second-order valence-corrected chi connectivity index (χ2v) is 13.2. The quantitative estimate of drug-likeness (QED) is 0.0829. The van der Waals surface area contributed by atoms with Crippen LogP contribution in [0.5, 0.6) is 0 Å². The minimum atomic E-state index is -0.995. The molecule has 0 rings (SSSR count). The van der Waals surface area contributed by atoms with Crippen LogP contribution in [0.4, 0.5) is 0 Å². The fourth-order valence-electron chi connectivity index (χ4n) is 5.38. The second kappa shape index (κ2) is 51.1. The Bertz CT molecular complexity index is 672. The Morgan fingerprint density at radius 3 is 0.800 bits per heavy atom. The summed E-state index contributed by atoms with van der Waals surface area (Å²) in [6, 6.07) is 0. The van der Waals surface area contributed by atoms with Gasteiger partial charge in [0.25, 0.3) is 0 Å². The first-order valence-electron chi connectivity index (χ1n) is 20.1. The number of imide groups is 1. The first-order valence-corrected chi connectivity index (χ1v) is 20.1. The van der Waals surface area contributed by atoms with Crippen molar-refractivity contribution in [1.29, 1.82) is 0 Å².